The molecule has 0 unspecified atom stereocenters. The second kappa shape index (κ2) is 10.6. The van der Waals surface area contributed by atoms with Crippen LogP contribution in [0.3, 0.4) is 0 Å². The highest BCUT2D eigenvalue weighted by molar-refractivity contribution is 7.99. The van der Waals surface area contributed by atoms with Crippen LogP contribution in [0, 0.1) is 0 Å². The van der Waals surface area contributed by atoms with Crippen LogP contribution in [0.15, 0.2) is 0 Å². The van der Waals surface area contributed by atoms with E-state index >= 15 is 0 Å². The Labute approximate surface area is 124 Å². The molecule has 0 radical (unpaired) electrons. The van der Waals surface area contributed by atoms with Crippen molar-refractivity contribution >= 4 is 17.6 Å². The topological polar surface area (TPSA) is 6.25 Å². The number of thioether (sulfide) groups is 1. The second-order valence-corrected chi connectivity index (χ2v) is 6.49. The van der Waals surface area contributed by atoms with Crippen LogP contribution in [0.2, 0.25) is 0 Å². The van der Waals surface area contributed by atoms with E-state index in [4.69, 9.17) is 0 Å². The molecule has 2 nitrogen and oxygen atoms in total. The number of nitrogens with zero attached hydrogens (tertiary/aromatic N) is 2. The Morgan fingerprint density at radius 3 is 2.47 bits per heavy atom. The van der Waals surface area contributed by atoms with Gasteiger partial charge in [0.05, 0.1) is 6.54 Å². The fourth-order valence-electron chi connectivity index (χ4n) is 2.79. The summed E-state index contributed by atoms with van der Waals surface area (Å²) in [6.45, 7) is 10.5. The largest absolute Gasteiger partial charge is 0.262 e. The quantitative estimate of drug-likeness (QED) is 0.415. The molecule has 0 aliphatic carbocycles. The Kier molecular flexibility index (Phi) is 9.40. The molecule has 0 aromatic carbocycles. The Balaban J connectivity index is 2.08. The average Bonchev–Trinajstić information content (AvgIpc) is 2.83. The third-order valence-corrected chi connectivity index (χ3v) is 5.03. The van der Waals surface area contributed by atoms with Crippen LogP contribution in [0.4, 0.5) is 0 Å². The Morgan fingerprint density at radius 1 is 1.05 bits per heavy atom. The molecule has 0 aromatic rings. The van der Waals surface area contributed by atoms with E-state index in [1.165, 1.54) is 76.2 Å². The summed E-state index contributed by atoms with van der Waals surface area (Å²) >= 11 is 2.12. The van der Waals surface area contributed by atoms with E-state index < -0.39 is 0 Å². The maximum Gasteiger partial charge on any atom is 0.247 e. The van der Waals surface area contributed by atoms with Crippen molar-refractivity contribution in [3.8, 4) is 0 Å². The molecule has 0 N–H and O–H groups in total. The summed E-state index contributed by atoms with van der Waals surface area (Å²) in [7, 11) is 0. The summed E-state index contributed by atoms with van der Waals surface area (Å²) in [5, 5.41) is 0. The SMILES string of the molecule is CCCCCCCCSC[N+]1=C(CC)N(CC)CC1. The number of hydrogen-bond donors (Lipinski definition) is 0. The minimum atomic E-state index is 1.17. The van der Waals surface area contributed by atoms with Crippen LogP contribution in [-0.4, -0.2) is 46.6 Å². The Morgan fingerprint density at radius 2 is 1.79 bits per heavy atom. The minimum absolute atomic E-state index is 1.17. The number of unbranched alkanes of at least 4 members (excludes halogenated alkanes) is 5. The van der Waals surface area contributed by atoms with Crippen molar-refractivity contribution in [2.24, 2.45) is 0 Å². The first-order valence-corrected chi connectivity index (χ1v) is 9.42. The van der Waals surface area contributed by atoms with Crippen molar-refractivity contribution in [2.75, 3.05) is 31.3 Å². The zero-order valence-electron chi connectivity index (χ0n) is 13.3. The number of amidine groups is 1. The smallest absolute Gasteiger partial charge is 0.247 e. The van der Waals surface area contributed by atoms with Gasteiger partial charge in [0.1, 0.15) is 19.0 Å². The molecule has 0 atom stereocenters. The van der Waals surface area contributed by atoms with Crippen LogP contribution in [-0.2, 0) is 0 Å². The molecule has 0 saturated heterocycles. The highest BCUT2D eigenvalue weighted by Gasteiger charge is 2.26. The summed E-state index contributed by atoms with van der Waals surface area (Å²) in [5.41, 5.74) is 0. The molecule has 0 saturated carbocycles. The molecule has 112 valence electrons. The normalized spacial score (nSPS) is 15.6. The van der Waals surface area contributed by atoms with Crippen molar-refractivity contribution < 1.29 is 4.58 Å². The van der Waals surface area contributed by atoms with Crippen LogP contribution >= 0.6 is 11.8 Å². The maximum atomic E-state index is 2.59. The van der Waals surface area contributed by atoms with Crippen LogP contribution < -0.4 is 0 Å². The van der Waals surface area contributed by atoms with Gasteiger partial charge in [0.25, 0.3) is 0 Å². The van der Waals surface area contributed by atoms with Crippen molar-refractivity contribution in [3.05, 3.63) is 0 Å². The molecular formula is C16H33N2S+. The van der Waals surface area contributed by atoms with E-state index in [1.807, 2.05) is 0 Å². The van der Waals surface area contributed by atoms with Gasteiger partial charge >= 0.3 is 0 Å². The minimum Gasteiger partial charge on any atom is -0.262 e. The molecule has 1 rings (SSSR count). The summed E-state index contributed by atoms with van der Waals surface area (Å²) in [4.78, 5) is 2.53. The van der Waals surface area contributed by atoms with Crippen LogP contribution in [0.1, 0.15) is 65.7 Å². The molecule has 3 heteroatoms. The third kappa shape index (κ3) is 6.20. The predicted molar refractivity (Wildman–Crippen MR) is 88.4 cm³/mol. The van der Waals surface area contributed by atoms with Crippen LogP contribution in [0.5, 0.6) is 0 Å². The van der Waals surface area contributed by atoms with Gasteiger partial charge in [-0.2, -0.15) is 0 Å². The molecule has 19 heavy (non-hydrogen) atoms. The third-order valence-electron chi connectivity index (χ3n) is 3.96. The maximum absolute atomic E-state index is 2.59. The number of hydrogen-bond acceptors (Lipinski definition) is 2. The van der Waals surface area contributed by atoms with Crippen LogP contribution in [0.25, 0.3) is 0 Å². The molecule has 1 aliphatic rings. The van der Waals surface area contributed by atoms with Gasteiger partial charge in [0.15, 0.2) is 0 Å². The van der Waals surface area contributed by atoms with Gasteiger partial charge in [-0.3, -0.25) is 9.48 Å². The molecular weight excluding hydrogens is 252 g/mol. The highest BCUT2D eigenvalue weighted by atomic mass is 32.2. The molecule has 0 amide bonds. The molecule has 0 fully saturated rings. The summed E-state index contributed by atoms with van der Waals surface area (Å²) < 4.78 is 2.59. The second-order valence-electron chi connectivity index (χ2n) is 5.42. The fourth-order valence-corrected chi connectivity index (χ4v) is 3.82. The fraction of sp³-hybridized carbons (Fsp3) is 0.938. The molecule has 1 heterocycles. The number of likely N-dealkylation sites (N-methyl/N-ethyl adjacent to an activating group) is 1. The summed E-state index contributed by atoms with van der Waals surface area (Å²) in [5.74, 6) is 4.11. The van der Waals surface area contributed by atoms with E-state index in [1.54, 1.807) is 5.84 Å². The van der Waals surface area contributed by atoms with Crippen molar-refractivity contribution in [1.82, 2.24) is 4.90 Å². The first-order valence-electron chi connectivity index (χ1n) is 8.26. The molecule has 0 aromatic heterocycles. The van der Waals surface area contributed by atoms with E-state index in [2.05, 4.69) is 42.0 Å². The van der Waals surface area contributed by atoms with Gasteiger partial charge in [-0.05, 0) is 19.1 Å². The first-order chi connectivity index (χ1) is 9.33. The lowest BCUT2D eigenvalue weighted by molar-refractivity contribution is -0.497. The first kappa shape index (κ1) is 16.9. The van der Waals surface area contributed by atoms with Gasteiger partial charge in [0.2, 0.25) is 5.84 Å². The highest BCUT2D eigenvalue weighted by Crippen LogP contribution is 2.12. The molecule has 0 spiro atoms. The Bertz CT molecular complexity index is 263. The predicted octanol–water partition coefficient (Wildman–Crippen LogP) is 4.19. The number of rotatable bonds is 11. The van der Waals surface area contributed by atoms with Gasteiger partial charge in [-0.15, -0.1) is 11.8 Å². The van der Waals surface area contributed by atoms with Gasteiger partial charge in [-0.1, -0.05) is 46.0 Å². The summed E-state index contributed by atoms with van der Waals surface area (Å²) in [6, 6.07) is 0. The van der Waals surface area contributed by atoms with E-state index in [0.717, 1.165) is 0 Å². The van der Waals surface area contributed by atoms with Gasteiger partial charge in [-0.25, -0.2) is 0 Å². The standard InChI is InChI=1S/C16H33N2S/c1-4-7-8-9-10-11-14-19-15-18-13-12-17(6-3)16(18)5-2/h4-15H2,1-3H3/q+1. The zero-order valence-corrected chi connectivity index (χ0v) is 14.1. The van der Waals surface area contributed by atoms with Crippen molar-refractivity contribution in [3.63, 3.8) is 0 Å². The van der Waals surface area contributed by atoms with E-state index in [9.17, 15) is 0 Å². The lowest BCUT2D eigenvalue weighted by Gasteiger charge is -2.09. The Hall–Kier alpha value is -0.180. The monoisotopic (exact) mass is 285 g/mol. The van der Waals surface area contributed by atoms with Crippen molar-refractivity contribution in [1.29, 1.82) is 0 Å². The van der Waals surface area contributed by atoms with Gasteiger partial charge < -0.3 is 0 Å². The van der Waals surface area contributed by atoms with Gasteiger partial charge in [0, 0.05) is 6.42 Å². The lowest BCUT2D eigenvalue weighted by atomic mass is 10.1. The molecule has 0 bridgehead atoms. The molecule has 1 aliphatic heterocycles. The van der Waals surface area contributed by atoms with E-state index in [0.29, 0.717) is 0 Å². The average molecular weight is 286 g/mol. The summed E-state index contributed by atoms with van der Waals surface area (Å²) in [6.07, 6.45) is 9.67. The van der Waals surface area contributed by atoms with E-state index in [-0.39, 0.29) is 0 Å². The zero-order chi connectivity index (χ0) is 13.9. The lowest BCUT2D eigenvalue weighted by Crippen LogP contribution is -2.28. The van der Waals surface area contributed by atoms with Crippen molar-refractivity contribution in [2.45, 2.75) is 65.7 Å².